The Morgan fingerprint density at radius 1 is 1.35 bits per heavy atom. The molecular formula is C12H14N2O3. The summed E-state index contributed by atoms with van der Waals surface area (Å²) in [5, 5.41) is 0. The fourth-order valence-electron chi connectivity index (χ4n) is 1.81. The number of pyridine rings is 1. The summed E-state index contributed by atoms with van der Waals surface area (Å²) in [7, 11) is 1.33. The van der Waals surface area contributed by atoms with Gasteiger partial charge < -0.3 is 9.64 Å². The quantitative estimate of drug-likeness (QED) is 0.715. The maximum absolute atomic E-state index is 11.2. The van der Waals surface area contributed by atoms with Gasteiger partial charge in [0.15, 0.2) is 0 Å². The van der Waals surface area contributed by atoms with E-state index in [0.29, 0.717) is 24.3 Å². The molecule has 90 valence electrons. The van der Waals surface area contributed by atoms with Crippen molar-refractivity contribution in [3.8, 4) is 0 Å². The van der Waals surface area contributed by atoms with Crippen LogP contribution in [0.5, 0.6) is 0 Å². The van der Waals surface area contributed by atoms with Gasteiger partial charge in [-0.3, -0.25) is 4.79 Å². The molecule has 0 amide bonds. The van der Waals surface area contributed by atoms with Crippen LogP contribution in [0.15, 0.2) is 18.3 Å². The van der Waals surface area contributed by atoms with Crippen LogP contribution in [0.1, 0.15) is 23.3 Å². The monoisotopic (exact) mass is 234 g/mol. The van der Waals surface area contributed by atoms with Crippen molar-refractivity contribution in [2.45, 2.75) is 12.8 Å². The van der Waals surface area contributed by atoms with E-state index in [9.17, 15) is 9.59 Å². The Morgan fingerprint density at radius 2 is 2.06 bits per heavy atom. The van der Waals surface area contributed by atoms with Crippen molar-refractivity contribution in [2.75, 3.05) is 25.1 Å². The Labute approximate surface area is 99.4 Å². The molecule has 0 N–H and O–H groups in total. The molecule has 2 rings (SSSR count). The third-order valence-electron chi connectivity index (χ3n) is 2.83. The number of hydrogen-bond acceptors (Lipinski definition) is 5. The van der Waals surface area contributed by atoms with Gasteiger partial charge in [-0.25, -0.2) is 9.78 Å². The molecule has 0 unspecified atom stereocenters. The zero-order chi connectivity index (χ0) is 12.3. The Hall–Kier alpha value is -1.91. The van der Waals surface area contributed by atoms with Crippen LogP contribution >= 0.6 is 0 Å². The molecule has 1 aliphatic rings. The van der Waals surface area contributed by atoms with Gasteiger partial charge in [-0.05, 0) is 12.1 Å². The topological polar surface area (TPSA) is 59.5 Å². The number of aromatic nitrogens is 1. The third-order valence-corrected chi connectivity index (χ3v) is 2.83. The number of carbonyl (C=O) groups is 2. The second kappa shape index (κ2) is 4.95. The van der Waals surface area contributed by atoms with E-state index in [2.05, 4.69) is 14.6 Å². The molecule has 1 aliphatic heterocycles. The van der Waals surface area contributed by atoms with Gasteiger partial charge in [-0.1, -0.05) is 0 Å². The van der Waals surface area contributed by atoms with Gasteiger partial charge in [-0.2, -0.15) is 0 Å². The second-order valence-corrected chi connectivity index (χ2v) is 3.92. The highest BCUT2D eigenvalue weighted by Gasteiger charge is 2.17. The van der Waals surface area contributed by atoms with Crippen LogP contribution in [0.3, 0.4) is 0 Å². The van der Waals surface area contributed by atoms with Crippen molar-refractivity contribution in [3.05, 3.63) is 24.0 Å². The van der Waals surface area contributed by atoms with Gasteiger partial charge in [0.25, 0.3) is 0 Å². The summed E-state index contributed by atoms with van der Waals surface area (Å²) < 4.78 is 4.58. The predicted molar refractivity (Wildman–Crippen MR) is 62.0 cm³/mol. The minimum atomic E-state index is -0.439. The van der Waals surface area contributed by atoms with E-state index in [1.165, 1.54) is 7.11 Å². The highest BCUT2D eigenvalue weighted by molar-refractivity contribution is 5.87. The smallest absolute Gasteiger partial charge is 0.356 e. The van der Waals surface area contributed by atoms with Gasteiger partial charge >= 0.3 is 5.97 Å². The molecule has 5 nitrogen and oxygen atoms in total. The van der Waals surface area contributed by atoms with Crippen LogP contribution in [0.4, 0.5) is 5.69 Å². The predicted octanol–water partition coefficient (Wildman–Crippen LogP) is 1.04. The van der Waals surface area contributed by atoms with Gasteiger partial charge in [0.2, 0.25) is 0 Å². The molecule has 17 heavy (non-hydrogen) atoms. The molecule has 0 bridgehead atoms. The molecule has 1 saturated heterocycles. The second-order valence-electron chi connectivity index (χ2n) is 3.92. The average Bonchev–Trinajstić information content (AvgIpc) is 2.39. The summed E-state index contributed by atoms with van der Waals surface area (Å²) in [5.74, 6) is -0.134. The molecule has 2 heterocycles. The van der Waals surface area contributed by atoms with Crippen LogP contribution in [-0.2, 0) is 9.53 Å². The molecule has 1 fully saturated rings. The normalized spacial score (nSPS) is 15.8. The van der Waals surface area contributed by atoms with E-state index in [1.807, 2.05) is 6.07 Å². The van der Waals surface area contributed by atoms with Crippen molar-refractivity contribution in [1.29, 1.82) is 0 Å². The zero-order valence-electron chi connectivity index (χ0n) is 9.68. The number of ketones is 1. The summed E-state index contributed by atoms with van der Waals surface area (Å²) in [5.41, 5.74) is 1.23. The summed E-state index contributed by atoms with van der Waals surface area (Å²) in [6.07, 6.45) is 2.81. The number of Topliss-reactive ketones (excluding diaryl/α,β-unsaturated/α-hetero) is 1. The van der Waals surface area contributed by atoms with E-state index in [1.54, 1.807) is 12.3 Å². The fraction of sp³-hybridized carbons (Fsp3) is 0.417. The Balaban J connectivity index is 2.07. The molecule has 5 heteroatoms. The highest BCUT2D eigenvalue weighted by Crippen LogP contribution is 2.17. The first kappa shape index (κ1) is 11.6. The molecule has 1 aromatic rings. The SMILES string of the molecule is COC(=O)c1ccc(N2CCC(=O)CC2)cn1. The fourth-order valence-corrected chi connectivity index (χ4v) is 1.81. The van der Waals surface area contributed by atoms with Gasteiger partial charge in [0.05, 0.1) is 19.0 Å². The summed E-state index contributed by atoms with van der Waals surface area (Å²) >= 11 is 0. The lowest BCUT2D eigenvalue weighted by molar-refractivity contribution is -0.119. The number of hydrogen-bond donors (Lipinski definition) is 0. The van der Waals surface area contributed by atoms with Crippen LogP contribution in [0, 0.1) is 0 Å². The number of carbonyl (C=O) groups excluding carboxylic acids is 2. The van der Waals surface area contributed by atoms with Gasteiger partial charge in [0, 0.05) is 25.9 Å². The number of nitrogens with zero attached hydrogens (tertiary/aromatic N) is 2. The maximum atomic E-state index is 11.2. The van der Waals surface area contributed by atoms with E-state index in [4.69, 9.17) is 0 Å². The van der Waals surface area contributed by atoms with E-state index >= 15 is 0 Å². The highest BCUT2D eigenvalue weighted by atomic mass is 16.5. The Morgan fingerprint density at radius 3 is 2.59 bits per heavy atom. The van der Waals surface area contributed by atoms with Gasteiger partial charge in [0.1, 0.15) is 11.5 Å². The Kier molecular flexibility index (Phi) is 3.37. The van der Waals surface area contributed by atoms with Crippen LogP contribution in [0.25, 0.3) is 0 Å². The number of anilines is 1. The summed E-state index contributed by atoms with van der Waals surface area (Å²) in [6, 6.07) is 3.46. The van der Waals surface area contributed by atoms with E-state index in [-0.39, 0.29) is 0 Å². The van der Waals surface area contributed by atoms with Crippen LogP contribution < -0.4 is 4.90 Å². The molecule has 0 radical (unpaired) electrons. The summed E-state index contributed by atoms with van der Waals surface area (Å²) in [6.45, 7) is 1.44. The number of rotatable bonds is 2. The minimum Gasteiger partial charge on any atom is -0.464 e. The molecule has 0 aromatic carbocycles. The number of methoxy groups -OCH3 is 1. The molecular weight excluding hydrogens is 220 g/mol. The molecule has 0 spiro atoms. The number of ether oxygens (including phenoxy) is 1. The van der Waals surface area contributed by atoms with E-state index in [0.717, 1.165) is 18.8 Å². The standard InChI is InChI=1S/C12H14N2O3/c1-17-12(16)11-3-2-9(8-13-11)14-6-4-10(15)5-7-14/h2-3,8H,4-7H2,1H3. The van der Waals surface area contributed by atoms with E-state index < -0.39 is 5.97 Å². The van der Waals surface area contributed by atoms with Crippen LogP contribution in [0.2, 0.25) is 0 Å². The number of piperidine rings is 1. The largest absolute Gasteiger partial charge is 0.464 e. The third kappa shape index (κ3) is 2.61. The lowest BCUT2D eigenvalue weighted by Gasteiger charge is -2.27. The Bertz CT molecular complexity index is 418. The lowest BCUT2D eigenvalue weighted by atomic mass is 10.1. The van der Waals surface area contributed by atoms with Crippen molar-refractivity contribution >= 4 is 17.4 Å². The first-order chi connectivity index (χ1) is 8.20. The van der Waals surface area contributed by atoms with Crippen molar-refractivity contribution in [2.24, 2.45) is 0 Å². The first-order valence-corrected chi connectivity index (χ1v) is 5.51. The van der Waals surface area contributed by atoms with Crippen molar-refractivity contribution < 1.29 is 14.3 Å². The lowest BCUT2D eigenvalue weighted by Crippen LogP contribution is -2.33. The summed E-state index contributed by atoms with van der Waals surface area (Å²) in [4.78, 5) is 28.5. The molecule has 0 saturated carbocycles. The van der Waals surface area contributed by atoms with Gasteiger partial charge in [-0.15, -0.1) is 0 Å². The first-order valence-electron chi connectivity index (χ1n) is 5.51. The molecule has 0 atom stereocenters. The van der Waals surface area contributed by atoms with Crippen molar-refractivity contribution in [3.63, 3.8) is 0 Å². The average molecular weight is 234 g/mol. The number of esters is 1. The minimum absolute atomic E-state index is 0.296. The maximum Gasteiger partial charge on any atom is 0.356 e. The molecule has 0 aliphatic carbocycles. The molecule has 1 aromatic heterocycles. The van der Waals surface area contributed by atoms with Crippen molar-refractivity contribution in [1.82, 2.24) is 4.98 Å². The van der Waals surface area contributed by atoms with Crippen LogP contribution in [-0.4, -0.2) is 36.9 Å². The zero-order valence-corrected chi connectivity index (χ0v) is 9.68.